The van der Waals surface area contributed by atoms with Crippen LogP contribution in [0.25, 0.3) is 0 Å². The van der Waals surface area contributed by atoms with Crippen LogP contribution in [0.4, 0.5) is 4.39 Å². The molecule has 0 fully saturated rings. The van der Waals surface area contributed by atoms with Crippen LogP contribution in [0.2, 0.25) is 0 Å². The first kappa shape index (κ1) is 16.1. The number of benzene rings is 1. The van der Waals surface area contributed by atoms with Crippen molar-refractivity contribution in [3.05, 3.63) is 29.6 Å². The molecular formula is C15H20FNO3. The van der Waals surface area contributed by atoms with Gasteiger partial charge in [-0.25, -0.2) is 4.39 Å². The molecule has 1 rings (SSSR count). The van der Waals surface area contributed by atoms with Gasteiger partial charge in [-0.1, -0.05) is 13.8 Å². The maximum atomic E-state index is 13.0. The van der Waals surface area contributed by atoms with Gasteiger partial charge in [0.1, 0.15) is 11.6 Å². The number of carbonyl (C=O) groups excluding carboxylic acids is 2. The van der Waals surface area contributed by atoms with Crippen LogP contribution in [0.1, 0.15) is 37.6 Å². The van der Waals surface area contributed by atoms with Gasteiger partial charge >= 0.3 is 0 Å². The maximum absolute atomic E-state index is 13.0. The third-order valence-electron chi connectivity index (χ3n) is 2.79. The molecule has 1 unspecified atom stereocenters. The predicted molar refractivity (Wildman–Crippen MR) is 74.3 cm³/mol. The molecule has 4 nitrogen and oxygen atoms in total. The number of aldehydes is 1. The van der Waals surface area contributed by atoms with E-state index in [0.717, 1.165) is 12.5 Å². The van der Waals surface area contributed by atoms with E-state index in [9.17, 15) is 14.0 Å². The SMILES string of the molecule is CC(C)CCNC(=O)C(C)Oc1ccc(F)cc1C=O. The van der Waals surface area contributed by atoms with Crippen LogP contribution in [0.5, 0.6) is 5.75 Å². The molecule has 0 bridgehead atoms. The summed E-state index contributed by atoms with van der Waals surface area (Å²) in [6.45, 7) is 6.30. The van der Waals surface area contributed by atoms with Gasteiger partial charge in [-0.15, -0.1) is 0 Å². The lowest BCUT2D eigenvalue weighted by Crippen LogP contribution is -2.37. The van der Waals surface area contributed by atoms with Crippen molar-refractivity contribution in [2.24, 2.45) is 5.92 Å². The fourth-order valence-electron chi connectivity index (χ4n) is 1.59. The Morgan fingerprint density at radius 3 is 2.70 bits per heavy atom. The first-order valence-corrected chi connectivity index (χ1v) is 6.63. The number of amides is 1. The van der Waals surface area contributed by atoms with E-state index in [1.54, 1.807) is 6.92 Å². The zero-order valence-corrected chi connectivity index (χ0v) is 12.0. The van der Waals surface area contributed by atoms with Gasteiger partial charge < -0.3 is 10.1 Å². The highest BCUT2D eigenvalue weighted by Gasteiger charge is 2.16. The number of ether oxygens (including phenoxy) is 1. The lowest BCUT2D eigenvalue weighted by Gasteiger charge is -2.16. The smallest absolute Gasteiger partial charge is 0.260 e. The molecule has 110 valence electrons. The molecule has 1 N–H and O–H groups in total. The van der Waals surface area contributed by atoms with Crippen molar-refractivity contribution in [3.63, 3.8) is 0 Å². The molecular weight excluding hydrogens is 261 g/mol. The van der Waals surface area contributed by atoms with E-state index in [2.05, 4.69) is 19.2 Å². The second-order valence-corrected chi connectivity index (χ2v) is 5.03. The van der Waals surface area contributed by atoms with Crippen LogP contribution in [0, 0.1) is 11.7 Å². The maximum Gasteiger partial charge on any atom is 0.260 e. The summed E-state index contributed by atoms with van der Waals surface area (Å²) < 4.78 is 18.4. The van der Waals surface area contributed by atoms with E-state index < -0.39 is 11.9 Å². The number of halogens is 1. The van der Waals surface area contributed by atoms with Crippen LogP contribution in [-0.2, 0) is 4.79 Å². The zero-order chi connectivity index (χ0) is 15.1. The molecule has 0 aliphatic carbocycles. The molecule has 1 amide bonds. The van der Waals surface area contributed by atoms with Gasteiger partial charge in [0.05, 0.1) is 5.56 Å². The average molecular weight is 281 g/mol. The van der Waals surface area contributed by atoms with Crippen LogP contribution in [0.15, 0.2) is 18.2 Å². The highest BCUT2D eigenvalue weighted by molar-refractivity contribution is 5.82. The summed E-state index contributed by atoms with van der Waals surface area (Å²) in [5.74, 6) is -0.0708. The first-order valence-electron chi connectivity index (χ1n) is 6.63. The zero-order valence-electron chi connectivity index (χ0n) is 12.0. The molecule has 0 heterocycles. The van der Waals surface area contributed by atoms with Crippen molar-refractivity contribution >= 4 is 12.2 Å². The highest BCUT2D eigenvalue weighted by Crippen LogP contribution is 2.19. The number of hydrogen-bond acceptors (Lipinski definition) is 3. The largest absolute Gasteiger partial charge is 0.480 e. The lowest BCUT2D eigenvalue weighted by molar-refractivity contribution is -0.127. The Hall–Kier alpha value is -1.91. The Labute approximate surface area is 118 Å². The fraction of sp³-hybridized carbons (Fsp3) is 0.467. The standard InChI is InChI=1S/C15H20FNO3/c1-10(2)6-7-17-15(19)11(3)20-14-5-4-13(16)8-12(14)9-18/h4-5,8-11H,6-7H2,1-3H3,(H,17,19). The summed E-state index contributed by atoms with van der Waals surface area (Å²) in [4.78, 5) is 22.6. The van der Waals surface area contributed by atoms with Gasteiger partial charge in [0.25, 0.3) is 5.91 Å². The van der Waals surface area contributed by atoms with Gasteiger partial charge in [-0.3, -0.25) is 9.59 Å². The molecule has 1 aromatic carbocycles. The molecule has 0 spiro atoms. The van der Waals surface area contributed by atoms with Crippen molar-refractivity contribution in [3.8, 4) is 5.75 Å². The normalized spacial score (nSPS) is 12.1. The van der Waals surface area contributed by atoms with Crippen molar-refractivity contribution < 1.29 is 18.7 Å². The number of rotatable bonds is 7. The minimum atomic E-state index is -0.744. The van der Waals surface area contributed by atoms with E-state index in [0.29, 0.717) is 18.7 Å². The second-order valence-electron chi connectivity index (χ2n) is 5.03. The van der Waals surface area contributed by atoms with E-state index >= 15 is 0 Å². The minimum absolute atomic E-state index is 0.0897. The molecule has 1 aromatic rings. The molecule has 0 saturated carbocycles. The summed E-state index contributed by atoms with van der Waals surface area (Å²) in [5, 5.41) is 2.76. The lowest BCUT2D eigenvalue weighted by atomic mass is 10.1. The third-order valence-corrected chi connectivity index (χ3v) is 2.79. The fourth-order valence-corrected chi connectivity index (χ4v) is 1.59. The molecule has 0 saturated heterocycles. The number of carbonyl (C=O) groups is 2. The Balaban J connectivity index is 2.59. The Bertz CT molecular complexity index is 474. The molecule has 0 aliphatic heterocycles. The average Bonchev–Trinajstić information content (AvgIpc) is 2.40. The monoisotopic (exact) mass is 281 g/mol. The quantitative estimate of drug-likeness (QED) is 0.781. The Morgan fingerprint density at radius 1 is 1.40 bits per heavy atom. The van der Waals surface area contributed by atoms with Crippen LogP contribution in [-0.4, -0.2) is 24.8 Å². The van der Waals surface area contributed by atoms with Crippen molar-refractivity contribution in [1.29, 1.82) is 0 Å². The van der Waals surface area contributed by atoms with Gasteiger partial charge in [0.2, 0.25) is 0 Å². The van der Waals surface area contributed by atoms with Crippen LogP contribution >= 0.6 is 0 Å². The van der Waals surface area contributed by atoms with Gasteiger partial charge in [-0.2, -0.15) is 0 Å². The molecule has 5 heteroatoms. The minimum Gasteiger partial charge on any atom is -0.480 e. The van der Waals surface area contributed by atoms with Crippen LogP contribution < -0.4 is 10.1 Å². The topological polar surface area (TPSA) is 55.4 Å². The highest BCUT2D eigenvalue weighted by atomic mass is 19.1. The van der Waals surface area contributed by atoms with Crippen molar-refractivity contribution in [2.75, 3.05) is 6.54 Å². The molecule has 20 heavy (non-hydrogen) atoms. The first-order chi connectivity index (χ1) is 9.43. The summed E-state index contributed by atoms with van der Waals surface area (Å²) in [6, 6.07) is 3.61. The van der Waals surface area contributed by atoms with Crippen LogP contribution in [0.3, 0.4) is 0 Å². The predicted octanol–water partition coefficient (Wildman–Crippen LogP) is 2.57. The van der Waals surface area contributed by atoms with Gasteiger partial charge in [0.15, 0.2) is 12.4 Å². The van der Waals surface area contributed by atoms with E-state index in [-0.39, 0.29) is 17.2 Å². The second kappa shape index (κ2) is 7.62. The Kier molecular flexibility index (Phi) is 6.15. The number of nitrogens with one attached hydrogen (secondary N) is 1. The van der Waals surface area contributed by atoms with E-state index in [1.165, 1.54) is 12.1 Å². The molecule has 0 radical (unpaired) electrons. The van der Waals surface area contributed by atoms with Crippen molar-refractivity contribution in [2.45, 2.75) is 33.3 Å². The number of hydrogen-bond donors (Lipinski definition) is 1. The van der Waals surface area contributed by atoms with E-state index in [1.807, 2.05) is 0 Å². The van der Waals surface area contributed by atoms with Gasteiger partial charge in [-0.05, 0) is 37.5 Å². The van der Waals surface area contributed by atoms with Crippen molar-refractivity contribution in [1.82, 2.24) is 5.32 Å². The summed E-state index contributed by atoms with van der Waals surface area (Å²) in [7, 11) is 0. The summed E-state index contributed by atoms with van der Waals surface area (Å²) in [6.07, 6.45) is 0.641. The molecule has 1 atom stereocenters. The summed E-state index contributed by atoms with van der Waals surface area (Å²) in [5.41, 5.74) is 0.0897. The molecule has 0 aromatic heterocycles. The molecule has 0 aliphatic rings. The van der Waals surface area contributed by atoms with Gasteiger partial charge in [0, 0.05) is 6.54 Å². The Morgan fingerprint density at radius 2 is 2.10 bits per heavy atom. The third kappa shape index (κ3) is 4.99. The summed E-state index contributed by atoms with van der Waals surface area (Å²) >= 11 is 0. The van der Waals surface area contributed by atoms with E-state index in [4.69, 9.17) is 4.74 Å².